The Morgan fingerprint density at radius 1 is 1.00 bits per heavy atom. The maximum absolute atomic E-state index is 12.7. The summed E-state index contributed by atoms with van der Waals surface area (Å²) in [6.45, 7) is 4.63. The lowest BCUT2D eigenvalue weighted by Gasteiger charge is -2.10. The second-order valence-electron chi connectivity index (χ2n) is 7.26. The van der Waals surface area contributed by atoms with E-state index in [-0.39, 0.29) is 4.90 Å². The fourth-order valence-corrected chi connectivity index (χ4v) is 4.13. The summed E-state index contributed by atoms with van der Waals surface area (Å²) >= 11 is 0. The Hall–Kier alpha value is -3.39. The average molecular weight is 437 g/mol. The van der Waals surface area contributed by atoms with E-state index in [0.717, 1.165) is 29.8 Å². The number of nitrogens with one attached hydrogen (secondary N) is 1. The number of rotatable bonds is 8. The Morgan fingerprint density at radius 2 is 1.74 bits per heavy atom. The third-order valence-electron chi connectivity index (χ3n) is 4.80. The average Bonchev–Trinajstić information content (AvgIpc) is 3.18. The molecule has 0 unspecified atom stereocenters. The fourth-order valence-electron chi connectivity index (χ4n) is 3.07. The number of hydrogen-bond donors (Lipinski definition) is 1. The van der Waals surface area contributed by atoms with E-state index in [0.29, 0.717) is 23.8 Å². The first kappa shape index (κ1) is 20.9. The zero-order chi connectivity index (χ0) is 21.8. The quantitative estimate of drug-likeness (QED) is 0.405. The Morgan fingerprint density at radius 3 is 2.45 bits per heavy atom. The van der Waals surface area contributed by atoms with Crippen LogP contribution in [-0.2, 0) is 10.0 Å². The first-order chi connectivity index (χ1) is 14.9. The summed E-state index contributed by atoms with van der Waals surface area (Å²) in [6, 6.07) is 15.5. The van der Waals surface area contributed by atoms with Crippen LogP contribution in [0.25, 0.3) is 17.0 Å². The number of sulfonamides is 1. The van der Waals surface area contributed by atoms with Gasteiger partial charge in [0.2, 0.25) is 5.78 Å². The molecule has 2 heterocycles. The van der Waals surface area contributed by atoms with Crippen molar-refractivity contribution in [3.05, 3.63) is 72.7 Å². The molecule has 0 aliphatic rings. The molecule has 0 saturated carbocycles. The molecule has 31 heavy (non-hydrogen) atoms. The Bertz CT molecular complexity index is 1280. The molecule has 0 bridgehead atoms. The zero-order valence-corrected chi connectivity index (χ0v) is 18.3. The van der Waals surface area contributed by atoms with Gasteiger partial charge >= 0.3 is 0 Å². The topological polar surface area (TPSA) is 85.6 Å². The van der Waals surface area contributed by atoms with Crippen molar-refractivity contribution in [3.63, 3.8) is 0 Å². The van der Waals surface area contributed by atoms with E-state index in [1.807, 2.05) is 41.9 Å². The van der Waals surface area contributed by atoms with Gasteiger partial charge in [0, 0.05) is 29.3 Å². The summed E-state index contributed by atoms with van der Waals surface area (Å²) < 4.78 is 35.5. The Balaban J connectivity index is 1.47. The van der Waals surface area contributed by atoms with Gasteiger partial charge in [-0.15, -0.1) is 0 Å². The molecular formula is C23H24N4O3S. The normalized spacial score (nSPS) is 11.5. The fraction of sp³-hybridized carbons (Fsp3) is 0.217. The Kier molecular flexibility index (Phi) is 5.90. The van der Waals surface area contributed by atoms with Gasteiger partial charge in [-0.05, 0) is 55.8 Å². The standard InChI is InChI=1S/C23H24N4O3S/c1-3-4-15-30-20-9-11-21(12-10-20)31(28,29)26-19-7-5-18(6-8-19)22-16-27-14-13-17(2)24-23(27)25-22/h5-14,16,26H,3-4,15H2,1-2H3. The van der Waals surface area contributed by atoms with Crippen LogP contribution in [-0.4, -0.2) is 29.4 Å². The lowest BCUT2D eigenvalue weighted by molar-refractivity contribution is 0.309. The Labute approximate surface area is 181 Å². The number of hydrogen-bond acceptors (Lipinski definition) is 5. The molecule has 0 atom stereocenters. The molecule has 0 saturated heterocycles. The number of nitrogens with zero attached hydrogens (tertiary/aromatic N) is 3. The molecule has 2 aromatic carbocycles. The smallest absolute Gasteiger partial charge is 0.261 e. The maximum Gasteiger partial charge on any atom is 0.261 e. The summed E-state index contributed by atoms with van der Waals surface area (Å²) in [6.07, 6.45) is 5.81. The zero-order valence-electron chi connectivity index (χ0n) is 17.4. The van der Waals surface area contributed by atoms with Crippen LogP contribution in [0, 0.1) is 6.92 Å². The van der Waals surface area contributed by atoms with Gasteiger partial charge in [0.05, 0.1) is 17.2 Å². The van der Waals surface area contributed by atoms with E-state index in [2.05, 4.69) is 21.6 Å². The van der Waals surface area contributed by atoms with E-state index in [1.165, 1.54) is 0 Å². The third-order valence-corrected chi connectivity index (χ3v) is 6.20. The van der Waals surface area contributed by atoms with Crippen molar-refractivity contribution in [2.45, 2.75) is 31.6 Å². The van der Waals surface area contributed by atoms with Crippen molar-refractivity contribution in [2.24, 2.45) is 0 Å². The summed E-state index contributed by atoms with van der Waals surface area (Å²) in [5.74, 6) is 1.29. The number of aryl methyl sites for hydroxylation is 1. The molecule has 0 aliphatic heterocycles. The second kappa shape index (κ2) is 8.77. The molecular weight excluding hydrogens is 412 g/mol. The van der Waals surface area contributed by atoms with Crippen LogP contribution in [0.4, 0.5) is 5.69 Å². The minimum atomic E-state index is -3.69. The predicted octanol–water partition coefficient (Wildman–Crippen LogP) is 4.68. The minimum Gasteiger partial charge on any atom is -0.494 e. The summed E-state index contributed by atoms with van der Waals surface area (Å²) in [5.41, 5.74) is 3.02. The van der Waals surface area contributed by atoms with Gasteiger partial charge in [0.25, 0.3) is 10.0 Å². The number of fused-ring (bicyclic) bond motifs is 1. The summed E-state index contributed by atoms with van der Waals surface area (Å²) in [4.78, 5) is 9.11. The van der Waals surface area contributed by atoms with Crippen molar-refractivity contribution < 1.29 is 13.2 Å². The van der Waals surface area contributed by atoms with E-state index < -0.39 is 10.0 Å². The number of unbranched alkanes of at least 4 members (excludes halogenated alkanes) is 1. The largest absolute Gasteiger partial charge is 0.494 e. The van der Waals surface area contributed by atoms with E-state index in [9.17, 15) is 8.42 Å². The van der Waals surface area contributed by atoms with Crippen LogP contribution in [0.1, 0.15) is 25.5 Å². The van der Waals surface area contributed by atoms with Crippen LogP contribution in [0.2, 0.25) is 0 Å². The molecule has 2 aromatic heterocycles. The van der Waals surface area contributed by atoms with Crippen molar-refractivity contribution >= 4 is 21.5 Å². The SMILES string of the molecule is CCCCOc1ccc(S(=O)(=O)Nc2ccc(-c3cn4ccc(C)nc4n3)cc2)cc1. The van der Waals surface area contributed by atoms with Gasteiger partial charge in [0.15, 0.2) is 0 Å². The lowest BCUT2D eigenvalue weighted by atomic mass is 10.1. The summed E-state index contributed by atoms with van der Waals surface area (Å²) in [7, 11) is -3.69. The van der Waals surface area contributed by atoms with Gasteiger partial charge in [-0.3, -0.25) is 9.12 Å². The van der Waals surface area contributed by atoms with Gasteiger partial charge in [-0.1, -0.05) is 25.5 Å². The molecule has 0 aliphatic carbocycles. The van der Waals surface area contributed by atoms with Crippen molar-refractivity contribution in [1.82, 2.24) is 14.4 Å². The highest BCUT2D eigenvalue weighted by molar-refractivity contribution is 7.92. The van der Waals surface area contributed by atoms with Crippen LogP contribution < -0.4 is 9.46 Å². The van der Waals surface area contributed by atoms with Gasteiger partial charge in [-0.25, -0.2) is 18.4 Å². The monoisotopic (exact) mass is 436 g/mol. The number of aromatic nitrogens is 3. The lowest BCUT2D eigenvalue weighted by Crippen LogP contribution is -2.12. The number of anilines is 1. The third kappa shape index (κ3) is 4.86. The first-order valence-corrected chi connectivity index (χ1v) is 11.6. The summed E-state index contributed by atoms with van der Waals surface area (Å²) in [5, 5.41) is 0. The molecule has 4 aromatic rings. The highest BCUT2D eigenvalue weighted by Gasteiger charge is 2.15. The van der Waals surface area contributed by atoms with Crippen LogP contribution in [0.5, 0.6) is 5.75 Å². The van der Waals surface area contributed by atoms with E-state index in [1.54, 1.807) is 36.4 Å². The van der Waals surface area contributed by atoms with Gasteiger partial charge < -0.3 is 4.74 Å². The van der Waals surface area contributed by atoms with Gasteiger partial charge in [-0.2, -0.15) is 0 Å². The van der Waals surface area contributed by atoms with Crippen LogP contribution in [0.15, 0.2) is 71.9 Å². The van der Waals surface area contributed by atoms with E-state index in [4.69, 9.17) is 4.74 Å². The molecule has 0 fully saturated rings. The molecule has 160 valence electrons. The molecule has 0 amide bonds. The number of benzene rings is 2. The van der Waals surface area contributed by atoms with Crippen LogP contribution >= 0.6 is 0 Å². The highest BCUT2D eigenvalue weighted by Crippen LogP contribution is 2.23. The predicted molar refractivity (Wildman–Crippen MR) is 121 cm³/mol. The highest BCUT2D eigenvalue weighted by atomic mass is 32.2. The number of ether oxygens (including phenoxy) is 1. The number of imidazole rings is 1. The maximum atomic E-state index is 12.7. The minimum absolute atomic E-state index is 0.182. The van der Waals surface area contributed by atoms with Crippen molar-refractivity contribution in [2.75, 3.05) is 11.3 Å². The molecule has 1 N–H and O–H groups in total. The van der Waals surface area contributed by atoms with E-state index >= 15 is 0 Å². The second-order valence-corrected chi connectivity index (χ2v) is 8.94. The van der Waals surface area contributed by atoms with Crippen molar-refractivity contribution in [1.29, 1.82) is 0 Å². The van der Waals surface area contributed by atoms with Gasteiger partial charge in [0.1, 0.15) is 5.75 Å². The first-order valence-electron chi connectivity index (χ1n) is 10.1. The molecule has 7 nitrogen and oxygen atoms in total. The molecule has 0 spiro atoms. The molecule has 0 radical (unpaired) electrons. The van der Waals surface area contributed by atoms with Crippen molar-refractivity contribution in [3.8, 4) is 17.0 Å². The van der Waals surface area contributed by atoms with Crippen LogP contribution in [0.3, 0.4) is 0 Å². The molecule has 8 heteroatoms. The molecule has 4 rings (SSSR count).